The number of halogens is 1. The summed E-state index contributed by atoms with van der Waals surface area (Å²) in [7, 11) is 0. The highest BCUT2D eigenvalue weighted by Gasteiger charge is 2.24. The Balaban J connectivity index is 2.49. The SMILES string of the molecule is CC1c2cccc(Cl)c2CCC1N. The zero-order valence-electron chi connectivity index (χ0n) is 7.76. The maximum absolute atomic E-state index is 6.11. The number of benzene rings is 1. The minimum absolute atomic E-state index is 0.297. The summed E-state index contributed by atoms with van der Waals surface area (Å²) >= 11 is 6.11. The van der Waals surface area contributed by atoms with Crippen LogP contribution in [-0.2, 0) is 6.42 Å². The van der Waals surface area contributed by atoms with Crippen molar-refractivity contribution in [2.75, 3.05) is 0 Å². The molecule has 0 heterocycles. The molecule has 0 bridgehead atoms. The molecule has 0 saturated carbocycles. The molecule has 0 radical (unpaired) electrons. The van der Waals surface area contributed by atoms with Gasteiger partial charge in [-0.1, -0.05) is 30.7 Å². The number of rotatable bonds is 0. The average molecular weight is 196 g/mol. The van der Waals surface area contributed by atoms with Crippen molar-refractivity contribution >= 4 is 11.6 Å². The van der Waals surface area contributed by atoms with Gasteiger partial charge >= 0.3 is 0 Å². The third-order valence-electron chi connectivity index (χ3n) is 3.02. The van der Waals surface area contributed by atoms with E-state index in [1.807, 2.05) is 12.1 Å². The van der Waals surface area contributed by atoms with E-state index in [2.05, 4.69) is 13.0 Å². The van der Waals surface area contributed by atoms with Crippen LogP contribution in [0, 0.1) is 0 Å². The van der Waals surface area contributed by atoms with Gasteiger partial charge in [0, 0.05) is 11.1 Å². The zero-order valence-corrected chi connectivity index (χ0v) is 8.51. The zero-order chi connectivity index (χ0) is 9.42. The third-order valence-corrected chi connectivity index (χ3v) is 3.37. The number of fused-ring (bicyclic) bond motifs is 1. The third kappa shape index (κ3) is 1.47. The molecule has 0 aliphatic heterocycles. The molecule has 2 rings (SSSR count). The summed E-state index contributed by atoms with van der Waals surface area (Å²) < 4.78 is 0. The monoisotopic (exact) mass is 195 g/mol. The van der Waals surface area contributed by atoms with Crippen molar-refractivity contribution in [3.8, 4) is 0 Å². The highest BCUT2D eigenvalue weighted by molar-refractivity contribution is 6.31. The summed E-state index contributed by atoms with van der Waals surface area (Å²) in [5.74, 6) is 0.447. The first kappa shape index (κ1) is 9.04. The molecular weight excluding hydrogens is 182 g/mol. The van der Waals surface area contributed by atoms with Crippen LogP contribution in [0.4, 0.5) is 0 Å². The highest BCUT2D eigenvalue weighted by Crippen LogP contribution is 2.34. The summed E-state index contributed by atoms with van der Waals surface area (Å²) in [6.45, 7) is 2.18. The van der Waals surface area contributed by atoms with Crippen LogP contribution in [0.25, 0.3) is 0 Å². The van der Waals surface area contributed by atoms with Gasteiger partial charge in [-0.15, -0.1) is 0 Å². The molecule has 0 aromatic heterocycles. The van der Waals surface area contributed by atoms with E-state index in [1.165, 1.54) is 11.1 Å². The summed E-state index contributed by atoms with van der Waals surface area (Å²) in [6.07, 6.45) is 2.08. The molecule has 2 N–H and O–H groups in total. The van der Waals surface area contributed by atoms with Crippen molar-refractivity contribution in [3.63, 3.8) is 0 Å². The van der Waals surface area contributed by atoms with E-state index < -0.39 is 0 Å². The van der Waals surface area contributed by atoms with Crippen LogP contribution in [0.1, 0.15) is 30.4 Å². The van der Waals surface area contributed by atoms with Gasteiger partial charge in [0.2, 0.25) is 0 Å². The predicted octanol–water partition coefficient (Wildman–Crippen LogP) is 2.72. The van der Waals surface area contributed by atoms with E-state index in [0.717, 1.165) is 17.9 Å². The van der Waals surface area contributed by atoms with E-state index in [4.69, 9.17) is 17.3 Å². The van der Waals surface area contributed by atoms with Crippen molar-refractivity contribution in [3.05, 3.63) is 34.3 Å². The van der Waals surface area contributed by atoms with Crippen molar-refractivity contribution in [2.24, 2.45) is 5.73 Å². The molecule has 0 fully saturated rings. The molecule has 0 amide bonds. The highest BCUT2D eigenvalue weighted by atomic mass is 35.5. The van der Waals surface area contributed by atoms with Crippen LogP contribution < -0.4 is 5.73 Å². The first-order chi connectivity index (χ1) is 6.20. The Morgan fingerprint density at radius 2 is 2.23 bits per heavy atom. The molecule has 1 aliphatic rings. The average Bonchev–Trinajstić information content (AvgIpc) is 2.12. The summed E-state index contributed by atoms with van der Waals surface area (Å²) in [6, 6.07) is 6.41. The molecule has 1 aromatic rings. The maximum Gasteiger partial charge on any atom is 0.0440 e. The molecule has 0 spiro atoms. The van der Waals surface area contributed by atoms with Gasteiger partial charge in [0.05, 0.1) is 0 Å². The van der Waals surface area contributed by atoms with E-state index >= 15 is 0 Å². The second kappa shape index (κ2) is 3.32. The van der Waals surface area contributed by atoms with Crippen LogP contribution in [0.5, 0.6) is 0 Å². The standard InChI is InChI=1S/C11H14ClN/c1-7-8-3-2-4-10(12)9(8)5-6-11(7)13/h2-4,7,11H,5-6,13H2,1H3. The molecule has 0 saturated heterocycles. The van der Waals surface area contributed by atoms with Gasteiger partial charge in [-0.3, -0.25) is 0 Å². The largest absolute Gasteiger partial charge is 0.327 e. The Morgan fingerprint density at radius 1 is 1.46 bits per heavy atom. The molecule has 13 heavy (non-hydrogen) atoms. The lowest BCUT2D eigenvalue weighted by molar-refractivity contribution is 0.497. The second-order valence-corrected chi connectivity index (χ2v) is 4.21. The lowest BCUT2D eigenvalue weighted by atomic mass is 9.81. The Bertz CT molecular complexity index is 322. The lowest BCUT2D eigenvalue weighted by Gasteiger charge is -2.28. The van der Waals surface area contributed by atoms with E-state index in [-0.39, 0.29) is 0 Å². The quantitative estimate of drug-likeness (QED) is 0.677. The number of hydrogen-bond acceptors (Lipinski definition) is 1. The van der Waals surface area contributed by atoms with Gasteiger partial charge in [0.1, 0.15) is 0 Å². The minimum atomic E-state index is 0.297. The van der Waals surface area contributed by atoms with Crippen LogP contribution in [0.2, 0.25) is 5.02 Å². The van der Waals surface area contributed by atoms with Gasteiger partial charge in [-0.25, -0.2) is 0 Å². The van der Waals surface area contributed by atoms with E-state index in [1.54, 1.807) is 0 Å². The van der Waals surface area contributed by atoms with Crippen molar-refractivity contribution in [1.29, 1.82) is 0 Å². The fourth-order valence-corrected chi connectivity index (χ4v) is 2.33. The maximum atomic E-state index is 6.11. The normalized spacial score (nSPS) is 27.0. The first-order valence-corrected chi connectivity index (χ1v) is 5.11. The molecule has 2 atom stereocenters. The van der Waals surface area contributed by atoms with E-state index in [9.17, 15) is 0 Å². The van der Waals surface area contributed by atoms with Crippen molar-refractivity contribution in [1.82, 2.24) is 0 Å². The summed E-state index contributed by atoms with van der Waals surface area (Å²) in [5, 5.41) is 0.899. The molecule has 2 unspecified atom stereocenters. The fourth-order valence-electron chi connectivity index (χ4n) is 2.06. The number of nitrogens with two attached hydrogens (primary N) is 1. The number of hydrogen-bond donors (Lipinski definition) is 1. The second-order valence-electron chi connectivity index (χ2n) is 3.80. The van der Waals surface area contributed by atoms with Crippen LogP contribution >= 0.6 is 11.6 Å². The molecule has 2 heteroatoms. The van der Waals surface area contributed by atoms with Crippen molar-refractivity contribution in [2.45, 2.75) is 31.7 Å². The van der Waals surface area contributed by atoms with E-state index in [0.29, 0.717) is 12.0 Å². The molecule has 1 aliphatic carbocycles. The fraction of sp³-hybridized carbons (Fsp3) is 0.455. The molecule has 1 aromatic carbocycles. The Morgan fingerprint density at radius 3 is 3.00 bits per heavy atom. The van der Waals surface area contributed by atoms with Gasteiger partial charge in [0.15, 0.2) is 0 Å². The van der Waals surface area contributed by atoms with Crippen LogP contribution in [0.3, 0.4) is 0 Å². The van der Waals surface area contributed by atoms with Gasteiger partial charge in [-0.2, -0.15) is 0 Å². The van der Waals surface area contributed by atoms with Crippen LogP contribution in [-0.4, -0.2) is 6.04 Å². The smallest absolute Gasteiger partial charge is 0.0440 e. The lowest BCUT2D eigenvalue weighted by Crippen LogP contribution is -2.31. The summed E-state index contributed by atoms with van der Waals surface area (Å²) in [4.78, 5) is 0. The molecule has 70 valence electrons. The molecule has 1 nitrogen and oxygen atoms in total. The Hall–Kier alpha value is -0.530. The molecular formula is C11H14ClN. The van der Waals surface area contributed by atoms with Gasteiger partial charge < -0.3 is 5.73 Å². The van der Waals surface area contributed by atoms with Crippen molar-refractivity contribution < 1.29 is 0 Å². The van der Waals surface area contributed by atoms with Gasteiger partial charge in [-0.05, 0) is 36.0 Å². The topological polar surface area (TPSA) is 26.0 Å². The van der Waals surface area contributed by atoms with Gasteiger partial charge in [0.25, 0.3) is 0 Å². The minimum Gasteiger partial charge on any atom is -0.327 e. The van der Waals surface area contributed by atoms with Crippen LogP contribution in [0.15, 0.2) is 18.2 Å². The Labute approximate surface area is 83.9 Å². The Kier molecular flexibility index (Phi) is 2.31. The predicted molar refractivity (Wildman–Crippen MR) is 56.2 cm³/mol. The summed E-state index contributed by atoms with van der Waals surface area (Å²) in [5.41, 5.74) is 8.64. The first-order valence-electron chi connectivity index (χ1n) is 4.73.